The maximum absolute atomic E-state index is 8.67. The summed E-state index contributed by atoms with van der Waals surface area (Å²) in [5.74, 6) is 0. The fourth-order valence-electron chi connectivity index (χ4n) is 1.83. The second kappa shape index (κ2) is 8.51. The quantitative estimate of drug-likeness (QED) is 0.721. The van der Waals surface area contributed by atoms with E-state index in [-0.39, 0.29) is 0 Å². The van der Waals surface area contributed by atoms with Crippen molar-refractivity contribution in [3.8, 4) is 0 Å². The maximum Gasteiger partial charge on any atom is 0.0431 e. The Bertz CT molecular complexity index is 300. The Balaban J connectivity index is 2.16. The van der Waals surface area contributed by atoms with Crippen LogP contribution in [0, 0.1) is 0 Å². The summed E-state index contributed by atoms with van der Waals surface area (Å²) in [6.07, 6.45) is 4.46. The van der Waals surface area contributed by atoms with Gasteiger partial charge in [0.2, 0.25) is 0 Å². The molecule has 0 heterocycles. The molecule has 0 saturated heterocycles. The SMILES string of the molecule is CN(CCCCCCO)Cc1ccc(Cl)cc1. The minimum atomic E-state index is 0.320. The lowest BCUT2D eigenvalue weighted by molar-refractivity contribution is 0.277. The largest absolute Gasteiger partial charge is 0.396 e. The molecule has 1 aromatic carbocycles. The molecule has 0 atom stereocenters. The van der Waals surface area contributed by atoms with Crippen LogP contribution in [0.2, 0.25) is 5.02 Å². The van der Waals surface area contributed by atoms with E-state index in [9.17, 15) is 0 Å². The third-order valence-electron chi connectivity index (χ3n) is 2.81. The van der Waals surface area contributed by atoms with Gasteiger partial charge in [0.25, 0.3) is 0 Å². The summed E-state index contributed by atoms with van der Waals surface area (Å²) in [5.41, 5.74) is 1.30. The standard InChI is InChI=1S/C14H22ClNO/c1-16(10-4-2-3-5-11-17)12-13-6-8-14(15)9-7-13/h6-9,17H,2-5,10-12H2,1H3. The van der Waals surface area contributed by atoms with Crippen LogP contribution in [0.3, 0.4) is 0 Å². The summed E-state index contributed by atoms with van der Waals surface area (Å²) in [4.78, 5) is 2.32. The molecule has 0 aliphatic heterocycles. The van der Waals surface area contributed by atoms with Crippen LogP contribution >= 0.6 is 11.6 Å². The first-order valence-corrected chi connectivity index (χ1v) is 6.64. The van der Waals surface area contributed by atoms with Crippen LogP contribution < -0.4 is 0 Å². The van der Waals surface area contributed by atoms with Gasteiger partial charge in [-0.3, -0.25) is 0 Å². The lowest BCUT2D eigenvalue weighted by atomic mass is 10.2. The summed E-state index contributed by atoms with van der Waals surface area (Å²) in [6, 6.07) is 8.02. The second-order valence-corrected chi connectivity index (χ2v) is 4.94. The number of rotatable bonds is 8. The molecule has 17 heavy (non-hydrogen) atoms. The van der Waals surface area contributed by atoms with Crippen molar-refractivity contribution >= 4 is 11.6 Å². The van der Waals surface area contributed by atoms with E-state index >= 15 is 0 Å². The van der Waals surface area contributed by atoms with Crippen molar-refractivity contribution in [3.05, 3.63) is 34.9 Å². The van der Waals surface area contributed by atoms with Crippen molar-refractivity contribution in [2.24, 2.45) is 0 Å². The van der Waals surface area contributed by atoms with Gasteiger partial charge in [-0.25, -0.2) is 0 Å². The first-order valence-electron chi connectivity index (χ1n) is 6.26. The van der Waals surface area contributed by atoms with E-state index in [4.69, 9.17) is 16.7 Å². The molecule has 1 N–H and O–H groups in total. The van der Waals surface area contributed by atoms with E-state index in [1.165, 1.54) is 18.4 Å². The van der Waals surface area contributed by atoms with E-state index in [0.717, 1.165) is 31.0 Å². The van der Waals surface area contributed by atoms with Crippen LogP contribution in [0.25, 0.3) is 0 Å². The van der Waals surface area contributed by atoms with Crippen molar-refractivity contribution in [3.63, 3.8) is 0 Å². The molecule has 96 valence electrons. The van der Waals surface area contributed by atoms with Crippen LogP contribution in [-0.2, 0) is 6.54 Å². The van der Waals surface area contributed by atoms with Crippen LogP contribution in [0.4, 0.5) is 0 Å². The molecule has 1 aromatic rings. The zero-order chi connectivity index (χ0) is 12.5. The van der Waals surface area contributed by atoms with Crippen LogP contribution in [-0.4, -0.2) is 30.2 Å². The van der Waals surface area contributed by atoms with E-state index < -0.39 is 0 Å². The number of halogens is 1. The van der Waals surface area contributed by atoms with Gasteiger partial charge in [-0.05, 0) is 44.1 Å². The van der Waals surface area contributed by atoms with E-state index in [1.807, 2.05) is 12.1 Å². The molecule has 2 nitrogen and oxygen atoms in total. The van der Waals surface area contributed by atoms with Crippen molar-refractivity contribution in [1.82, 2.24) is 4.90 Å². The average Bonchev–Trinajstić information content (AvgIpc) is 2.32. The zero-order valence-electron chi connectivity index (χ0n) is 10.5. The second-order valence-electron chi connectivity index (χ2n) is 4.50. The summed E-state index contributed by atoms with van der Waals surface area (Å²) >= 11 is 5.85. The molecule has 0 amide bonds. The van der Waals surface area contributed by atoms with Crippen molar-refractivity contribution in [1.29, 1.82) is 0 Å². The first kappa shape index (κ1) is 14.5. The van der Waals surface area contributed by atoms with E-state index in [2.05, 4.69) is 24.1 Å². The van der Waals surface area contributed by atoms with Gasteiger partial charge in [-0.2, -0.15) is 0 Å². The van der Waals surface area contributed by atoms with Gasteiger partial charge < -0.3 is 10.0 Å². The van der Waals surface area contributed by atoms with E-state index in [0.29, 0.717) is 6.61 Å². The van der Waals surface area contributed by atoms with Crippen LogP contribution in [0.1, 0.15) is 31.2 Å². The smallest absolute Gasteiger partial charge is 0.0431 e. The Kier molecular flexibility index (Phi) is 7.25. The molecule has 0 radical (unpaired) electrons. The lowest BCUT2D eigenvalue weighted by Gasteiger charge is -2.16. The summed E-state index contributed by atoms with van der Waals surface area (Å²) in [6.45, 7) is 2.39. The molecule has 1 rings (SSSR count). The molecule has 0 aliphatic carbocycles. The molecule has 0 spiro atoms. The van der Waals surface area contributed by atoms with Gasteiger partial charge in [-0.1, -0.05) is 36.6 Å². The summed E-state index contributed by atoms with van der Waals surface area (Å²) < 4.78 is 0. The number of aliphatic hydroxyl groups excluding tert-OH is 1. The van der Waals surface area contributed by atoms with Gasteiger partial charge >= 0.3 is 0 Å². The third kappa shape index (κ3) is 6.67. The highest BCUT2D eigenvalue weighted by Gasteiger charge is 2.00. The van der Waals surface area contributed by atoms with Crippen molar-refractivity contribution in [2.75, 3.05) is 20.2 Å². The van der Waals surface area contributed by atoms with Crippen molar-refractivity contribution < 1.29 is 5.11 Å². The number of benzene rings is 1. The molecule has 0 saturated carbocycles. The Morgan fingerprint density at radius 2 is 1.71 bits per heavy atom. The molecule has 0 aliphatic rings. The predicted molar refractivity (Wildman–Crippen MR) is 73.3 cm³/mol. The summed E-state index contributed by atoms with van der Waals surface area (Å²) in [5, 5.41) is 9.46. The van der Waals surface area contributed by atoms with Gasteiger partial charge in [0.15, 0.2) is 0 Å². The van der Waals surface area contributed by atoms with Crippen molar-refractivity contribution in [2.45, 2.75) is 32.2 Å². The Labute approximate surface area is 109 Å². The minimum absolute atomic E-state index is 0.320. The van der Waals surface area contributed by atoms with Gasteiger partial charge in [0.1, 0.15) is 0 Å². The number of unbranched alkanes of at least 4 members (excludes halogenated alkanes) is 3. The monoisotopic (exact) mass is 255 g/mol. The minimum Gasteiger partial charge on any atom is -0.396 e. The first-order chi connectivity index (χ1) is 8.22. The number of hydrogen-bond donors (Lipinski definition) is 1. The van der Waals surface area contributed by atoms with Crippen LogP contribution in [0.15, 0.2) is 24.3 Å². The zero-order valence-corrected chi connectivity index (χ0v) is 11.3. The molecule has 0 unspecified atom stereocenters. The third-order valence-corrected chi connectivity index (χ3v) is 3.07. The average molecular weight is 256 g/mol. The number of aliphatic hydroxyl groups is 1. The molecular weight excluding hydrogens is 234 g/mol. The maximum atomic E-state index is 8.67. The Morgan fingerprint density at radius 1 is 1.06 bits per heavy atom. The topological polar surface area (TPSA) is 23.5 Å². The predicted octanol–water partition coefficient (Wildman–Crippen LogP) is 3.32. The van der Waals surface area contributed by atoms with Crippen LogP contribution in [0.5, 0.6) is 0 Å². The Hall–Kier alpha value is -0.570. The highest BCUT2D eigenvalue weighted by Crippen LogP contribution is 2.11. The van der Waals surface area contributed by atoms with Gasteiger partial charge in [0.05, 0.1) is 0 Å². The fraction of sp³-hybridized carbons (Fsp3) is 0.571. The lowest BCUT2D eigenvalue weighted by Crippen LogP contribution is -2.19. The number of nitrogens with zero attached hydrogens (tertiary/aromatic N) is 1. The van der Waals surface area contributed by atoms with E-state index in [1.54, 1.807) is 0 Å². The molecule has 0 bridgehead atoms. The normalized spacial score (nSPS) is 11.1. The molecule has 0 aromatic heterocycles. The van der Waals surface area contributed by atoms with Gasteiger partial charge in [-0.15, -0.1) is 0 Å². The number of hydrogen-bond acceptors (Lipinski definition) is 2. The molecule has 3 heteroatoms. The summed E-state index contributed by atoms with van der Waals surface area (Å²) in [7, 11) is 2.14. The highest BCUT2D eigenvalue weighted by atomic mass is 35.5. The molecule has 0 fully saturated rings. The Morgan fingerprint density at radius 3 is 2.35 bits per heavy atom. The fourth-order valence-corrected chi connectivity index (χ4v) is 1.95. The highest BCUT2D eigenvalue weighted by molar-refractivity contribution is 6.30. The molecular formula is C14H22ClNO. The van der Waals surface area contributed by atoms with Gasteiger partial charge in [0, 0.05) is 18.2 Å².